The first-order valence-corrected chi connectivity index (χ1v) is 4.64. The van der Waals surface area contributed by atoms with Gasteiger partial charge in [0.1, 0.15) is 6.33 Å². The molecule has 2 rings (SSSR count). The lowest BCUT2D eigenvalue weighted by Crippen LogP contribution is -2.20. The molecule has 0 aliphatic rings. The second kappa shape index (κ2) is 4.16. The summed E-state index contributed by atoms with van der Waals surface area (Å²) >= 11 is 0. The summed E-state index contributed by atoms with van der Waals surface area (Å²) in [7, 11) is 0. The fourth-order valence-corrected chi connectivity index (χ4v) is 1.32. The minimum absolute atomic E-state index is 0.00315. The van der Waals surface area contributed by atoms with Gasteiger partial charge >= 0.3 is 0 Å². The van der Waals surface area contributed by atoms with Gasteiger partial charge in [-0.15, -0.1) is 0 Å². The van der Waals surface area contributed by atoms with E-state index < -0.39 is 5.82 Å². The van der Waals surface area contributed by atoms with E-state index in [1.165, 1.54) is 30.2 Å². The Morgan fingerprint density at radius 2 is 2.24 bits per heavy atom. The summed E-state index contributed by atoms with van der Waals surface area (Å²) in [5, 5.41) is 11.4. The summed E-state index contributed by atoms with van der Waals surface area (Å²) in [6.07, 6.45) is 4.08. The molecule has 0 aliphatic carbocycles. The molecule has 17 heavy (non-hydrogen) atoms. The zero-order valence-corrected chi connectivity index (χ0v) is 8.87. The number of amidine groups is 1. The summed E-state index contributed by atoms with van der Waals surface area (Å²) in [6.45, 7) is 1.51. The molecule has 0 unspecified atom stereocenters. The maximum atomic E-state index is 13.8. The van der Waals surface area contributed by atoms with E-state index in [2.05, 4.69) is 20.1 Å². The van der Waals surface area contributed by atoms with Gasteiger partial charge in [-0.25, -0.2) is 19.3 Å². The highest BCUT2D eigenvalue weighted by atomic mass is 19.1. The third kappa shape index (κ3) is 1.80. The van der Waals surface area contributed by atoms with E-state index >= 15 is 0 Å². The van der Waals surface area contributed by atoms with Gasteiger partial charge in [-0.2, -0.15) is 0 Å². The SMILES string of the molecule is Cc1ncnc(-n2ccnc2/C(N)=N/O)c1F. The van der Waals surface area contributed by atoms with Crippen LogP contribution < -0.4 is 5.73 Å². The fourth-order valence-electron chi connectivity index (χ4n) is 1.32. The smallest absolute Gasteiger partial charge is 0.206 e. The van der Waals surface area contributed by atoms with Crippen molar-refractivity contribution in [3.63, 3.8) is 0 Å². The minimum atomic E-state index is -0.586. The first-order chi connectivity index (χ1) is 8.15. The molecule has 3 N–H and O–H groups in total. The van der Waals surface area contributed by atoms with Crippen LogP contribution in [0, 0.1) is 12.7 Å². The Balaban J connectivity index is 2.62. The predicted octanol–water partition coefficient (Wildman–Crippen LogP) is 0.204. The average molecular weight is 236 g/mol. The molecule has 0 atom stereocenters. The molecule has 0 bridgehead atoms. The maximum absolute atomic E-state index is 13.8. The third-order valence-corrected chi connectivity index (χ3v) is 2.15. The number of rotatable bonds is 2. The lowest BCUT2D eigenvalue weighted by atomic mass is 10.4. The number of halogens is 1. The zero-order chi connectivity index (χ0) is 12.4. The van der Waals surface area contributed by atoms with Gasteiger partial charge in [0, 0.05) is 12.4 Å². The molecule has 0 fully saturated rings. The van der Waals surface area contributed by atoms with E-state index in [4.69, 9.17) is 10.9 Å². The molecule has 2 aromatic heterocycles. The second-order valence-electron chi connectivity index (χ2n) is 3.20. The van der Waals surface area contributed by atoms with Crippen molar-refractivity contribution in [1.82, 2.24) is 19.5 Å². The average Bonchev–Trinajstić information content (AvgIpc) is 2.80. The zero-order valence-electron chi connectivity index (χ0n) is 8.87. The van der Waals surface area contributed by atoms with Crippen LogP contribution in [-0.4, -0.2) is 30.6 Å². The Hall–Kier alpha value is -2.51. The highest BCUT2D eigenvalue weighted by Crippen LogP contribution is 2.13. The Morgan fingerprint density at radius 1 is 1.47 bits per heavy atom. The first-order valence-electron chi connectivity index (χ1n) is 4.64. The largest absolute Gasteiger partial charge is 0.409 e. The molecule has 0 radical (unpaired) electrons. The van der Waals surface area contributed by atoms with Crippen molar-refractivity contribution in [2.24, 2.45) is 10.9 Å². The molecule has 0 spiro atoms. The van der Waals surface area contributed by atoms with E-state index in [1.54, 1.807) is 0 Å². The van der Waals surface area contributed by atoms with Gasteiger partial charge in [0.2, 0.25) is 5.84 Å². The standard InChI is InChI=1S/C9H9FN6O/c1-5-6(10)8(14-4-13-5)16-3-2-12-9(16)7(11)15-17/h2-4,17H,1H3,(H2,11,15). The normalized spacial score (nSPS) is 11.8. The van der Waals surface area contributed by atoms with Crippen molar-refractivity contribution in [3.05, 3.63) is 36.1 Å². The first kappa shape index (κ1) is 11.0. The predicted molar refractivity (Wildman–Crippen MR) is 56.4 cm³/mol. The summed E-state index contributed by atoms with van der Waals surface area (Å²) < 4.78 is 15.1. The number of hydrogen-bond donors (Lipinski definition) is 2. The lowest BCUT2D eigenvalue weighted by Gasteiger charge is -2.07. The number of aryl methyl sites for hydroxylation is 1. The number of oxime groups is 1. The number of hydrogen-bond acceptors (Lipinski definition) is 5. The van der Waals surface area contributed by atoms with Gasteiger partial charge < -0.3 is 10.9 Å². The lowest BCUT2D eigenvalue weighted by molar-refractivity contribution is 0.318. The van der Waals surface area contributed by atoms with Crippen molar-refractivity contribution >= 4 is 5.84 Å². The Bertz CT molecular complexity index is 579. The van der Waals surface area contributed by atoms with Crippen LogP contribution in [0.3, 0.4) is 0 Å². The number of aromatic nitrogens is 4. The van der Waals surface area contributed by atoms with Gasteiger partial charge in [-0.05, 0) is 6.92 Å². The van der Waals surface area contributed by atoms with Crippen molar-refractivity contribution in [2.75, 3.05) is 0 Å². The van der Waals surface area contributed by atoms with E-state index in [1.807, 2.05) is 0 Å². The number of nitrogens with zero attached hydrogens (tertiary/aromatic N) is 5. The van der Waals surface area contributed by atoms with E-state index in [0.717, 1.165) is 0 Å². The monoisotopic (exact) mass is 236 g/mol. The molecule has 88 valence electrons. The van der Waals surface area contributed by atoms with Crippen LogP contribution in [0.1, 0.15) is 11.5 Å². The Kier molecular flexibility index (Phi) is 2.69. The van der Waals surface area contributed by atoms with Crippen molar-refractivity contribution in [3.8, 4) is 5.82 Å². The molecular weight excluding hydrogens is 227 g/mol. The molecular formula is C9H9FN6O. The van der Waals surface area contributed by atoms with Gasteiger partial charge in [-0.1, -0.05) is 5.16 Å². The highest BCUT2D eigenvalue weighted by molar-refractivity contribution is 5.94. The summed E-state index contributed by atoms with van der Waals surface area (Å²) in [6, 6.07) is 0. The molecule has 2 heterocycles. The van der Waals surface area contributed by atoms with Crippen LogP contribution in [0.25, 0.3) is 5.82 Å². The summed E-state index contributed by atoms with van der Waals surface area (Å²) in [5.41, 5.74) is 5.62. The van der Waals surface area contributed by atoms with Crippen LogP contribution in [0.4, 0.5) is 4.39 Å². The van der Waals surface area contributed by atoms with Gasteiger partial charge in [0.15, 0.2) is 17.5 Å². The minimum Gasteiger partial charge on any atom is -0.409 e. The Labute approximate surface area is 95.4 Å². The molecule has 0 aliphatic heterocycles. The second-order valence-corrected chi connectivity index (χ2v) is 3.20. The van der Waals surface area contributed by atoms with E-state index in [0.29, 0.717) is 0 Å². The molecule has 2 aromatic rings. The Morgan fingerprint density at radius 3 is 2.94 bits per heavy atom. The van der Waals surface area contributed by atoms with Gasteiger partial charge in [0.05, 0.1) is 5.69 Å². The van der Waals surface area contributed by atoms with Crippen LogP contribution in [-0.2, 0) is 0 Å². The quantitative estimate of drug-likeness (QED) is 0.335. The van der Waals surface area contributed by atoms with Crippen LogP contribution in [0.15, 0.2) is 23.9 Å². The van der Waals surface area contributed by atoms with Crippen molar-refractivity contribution in [2.45, 2.75) is 6.92 Å². The third-order valence-electron chi connectivity index (χ3n) is 2.15. The number of nitrogens with two attached hydrogens (primary N) is 1. The van der Waals surface area contributed by atoms with Gasteiger partial charge in [0.25, 0.3) is 0 Å². The van der Waals surface area contributed by atoms with Crippen molar-refractivity contribution in [1.29, 1.82) is 0 Å². The van der Waals surface area contributed by atoms with Crippen LogP contribution in [0.2, 0.25) is 0 Å². The maximum Gasteiger partial charge on any atom is 0.206 e. The van der Waals surface area contributed by atoms with E-state index in [9.17, 15) is 4.39 Å². The molecule has 8 heteroatoms. The fraction of sp³-hybridized carbons (Fsp3) is 0.111. The number of imidazole rings is 1. The molecule has 0 amide bonds. The highest BCUT2D eigenvalue weighted by Gasteiger charge is 2.15. The van der Waals surface area contributed by atoms with Crippen LogP contribution in [0.5, 0.6) is 0 Å². The van der Waals surface area contributed by atoms with Gasteiger partial charge in [-0.3, -0.25) is 4.57 Å². The molecule has 7 nitrogen and oxygen atoms in total. The van der Waals surface area contributed by atoms with E-state index in [-0.39, 0.29) is 23.2 Å². The summed E-state index contributed by atoms with van der Waals surface area (Å²) in [5.74, 6) is -0.718. The topological polar surface area (TPSA) is 102 Å². The van der Waals surface area contributed by atoms with Crippen molar-refractivity contribution < 1.29 is 9.60 Å². The van der Waals surface area contributed by atoms with Crippen LogP contribution >= 0.6 is 0 Å². The summed E-state index contributed by atoms with van der Waals surface area (Å²) in [4.78, 5) is 11.4. The molecule has 0 aromatic carbocycles. The molecule has 0 saturated heterocycles. The molecule has 0 saturated carbocycles.